The molecular formula is C23H34N2O. The molecule has 4 aliphatic rings. The minimum absolute atomic E-state index is 0.0906. The van der Waals surface area contributed by atoms with Gasteiger partial charge in [-0.15, -0.1) is 6.42 Å². The average Bonchev–Trinajstić information content (AvgIpc) is 2.87. The van der Waals surface area contributed by atoms with Crippen molar-refractivity contribution in [3.63, 3.8) is 0 Å². The van der Waals surface area contributed by atoms with Crippen molar-refractivity contribution < 1.29 is 5.11 Å². The van der Waals surface area contributed by atoms with E-state index in [9.17, 15) is 5.11 Å². The van der Waals surface area contributed by atoms with E-state index in [1.54, 1.807) is 5.57 Å². The first kappa shape index (κ1) is 18.1. The molecule has 0 spiro atoms. The summed E-state index contributed by atoms with van der Waals surface area (Å²) in [4.78, 5) is 0. The van der Waals surface area contributed by atoms with Crippen LogP contribution in [0.5, 0.6) is 0 Å². The molecule has 142 valence electrons. The van der Waals surface area contributed by atoms with E-state index < -0.39 is 5.60 Å². The van der Waals surface area contributed by atoms with Crippen LogP contribution < -0.4 is 0 Å². The number of terminal acetylenes is 1. The molecular weight excluding hydrogens is 320 g/mol. The molecule has 0 aliphatic heterocycles. The number of aliphatic hydroxyl groups is 1. The molecule has 4 aliphatic carbocycles. The molecule has 0 heterocycles. The van der Waals surface area contributed by atoms with Crippen molar-refractivity contribution in [1.29, 1.82) is 0 Å². The molecule has 0 saturated heterocycles. The van der Waals surface area contributed by atoms with Gasteiger partial charge in [0.25, 0.3) is 0 Å². The topological polar surface area (TPSA) is 35.8 Å². The van der Waals surface area contributed by atoms with E-state index >= 15 is 0 Å². The Balaban J connectivity index is 1.65. The molecule has 3 fully saturated rings. The van der Waals surface area contributed by atoms with Crippen molar-refractivity contribution in [3.8, 4) is 12.3 Å². The van der Waals surface area contributed by atoms with Crippen molar-refractivity contribution >= 4 is 5.71 Å². The zero-order valence-electron chi connectivity index (χ0n) is 16.9. The van der Waals surface area contributed by atoms with Crippen LogP contribution in [-0.4, -0.2) is 35.5 Å². The minimum atomic E-state index is -0.891. The fourth-order valence-corrected chi connectivity index (χ4v) is 7.16. The van der Waals surface area contributed by atoms with Crippen LogP contribution in [0.3, 0.4) is 0 Å². The number of hydrogen-bond donors (Lipinski definition) is 1. The van der Waals surface area contributed by atoms with Gasteiger partial charge < -0.3 is 10.1 Å². The van der Waals surface area contributed by atoms with E-state index in [2.05, 4.69) is 30.9 Å². The lowest BCUT2D eigenvalue weighted by Gasteiger charge is -2.58. The van der Waals surface area contributed by atoms with Crippen LogP contribution in [-0.2, 0) is 0 Å². The summed E-state index contributed by atoms with van der Waals surface area (Å²) in [7, 11) is 4.01. The predicted octanol–water partition coefficient (Wildman–Crippen LogP) is 4.23. The summed E-state index contributed by atoms with van der Waals surface area (Å²) in [5, 5.41) is 17.7. The quantitative estimate of drug-likeness (QED) is 0.565. The Hall–Kier alpha value is -1.27. The van der Waals surface area contributed by atoms with Crippen LogP contribution >= 0.6 is 0 Å². The van der Waals surface area contributed by atoms with Crippen molar-refractivity contribution in [3.05, 3.63) is 11.6 Å². The first-order valence-electron chi connectivity index (χ1n) is 10.4. The second-order valence-corrected chi connectivity index (χ2v) is 9.94. The third-order valence-electron chi connectivity index (χ3n) is 8.70. The van der Waals surface area contributed by atoms with E-state index in [-0.39, 0.29) is 5.41 Å². The van der Waals surface area contributed by atoms with E-state index in [1.165, 1.54) is 31.4 Å². The largest absolute Gasteiger partial charge is 0.377 e. The summed E-state index contributed by atoms with van der Waals surface area (Å²) in [6, 6.07) is 0. The summed E-state index contributed by atoms with van der Waals surface area (Å²) in [5.74, 6) is 4.82. The summed E-state index contributed by atoms with van der Waals surface area (Å²) in [5.41, 5.74) is 2.19. The number of fused-ring (bicyclic) bond motifs is 5. The molecule has 3 saturated carbocycles. The van der Waals surface area contributed by atoms with Crippen LogP contribution in [0, 0.1) is 40.9 Å². The summed E-state index contributed by atoms with van der Waals surface area (Å²) in [6.45, 7) is 4.78. The van der Waals surface area contributed by atoms with Gasteiger partial charge in [-0.3, -0.25) is 0 Å². The van der Waals surface area contributed by atoms with Gasteiger partial charge in [0.2, 0.25) is 0 Å². The standard InChI is InChI=1S/C23H34N2O/c1-6-23(26)14-11-20-18-8-7-16-15-17(24-25(4)5)9-12-21(16,2)19(18)10-13-22(20,23)3/h1,15,18-20,26H,7-14H2,2-5H3/b24-17-. The van der Waals surface area contributed by atoms with E-state index in [0.29, 0.717) is 17.3 Å². The van der Waals surface area contributed by atoms with Gasteiger partial charge in [-0.25, -0.2) is 0 Å². The van der Waals surface area contributed by atoms with Crippen LogP contribution in [0.4, 0.5) is 0 Å². The Bertz CT molecular complexity index is 701. The highest BCUT2D eigenvalue weighted by Crippen LogP contribution is 2.67. The van der Waals surface area contributed by atoms with Gasteiger partial charge in [0, 0.05) is 19.5 Å². The molecule has 4 rings (SSSR count). The lowest BCUT2D eigenvalue weighted by atomic mass is 9.46. The van der Waals surface area contributed by atoms with Crippen LogP contribution in [0.25, 0.3) is 0 Å². The third kappa shape index (κ3) is 2.34. The Labute approximate surface area is 158 Å². The fraction of sp³-hybridized carbons (Fsp3) is 0.783. The number of hydrogen-bond acceptors (Lipinski definition) is 3. The van der Waals surface area contributed by atoms with Crippen LogP contribution in [0.2, 0.25) is 0 Å². The van der Waals surface area contributed by atoms with Gasteiger partial charge in [-0.2, -0.15) is 5.10 Å². The van der Waals surface area contributed by atoms with Gasteiger partial charge in [-0.05, 0) is 80.6 Å². The molecule has 6 unspecified atom stereocenters. The molecule has 26 heavy (non-hydrogen) atoms. The Kier molecular flexibility index (Phi) is 4.08. The summed E-state index contributed by atoms with van der Waals surface area (Å²) < 4.78 is 0. The molecule has 0 aromatic rings. The molecule has 0 amide bonds. The third-order valence-corrected chi connectivity index (χ3v) is 8.70. The Morgan fingerprint density at radius 3 is 2.54 bits per heavy atom. The van der Waals surface area contributed by atoms with Gasteiger partial charge in [-0.1, -0.05) is 25.3 Å². The van der Waals surface area contributed by atoms with Crippen molar-refractivity contribution in [2.24, 2.45) is 33.7 Å². The molecule has 3 nitrogen and oxygen atoms in total. The second-order valence-electron chi connectivity index (χ2n) is 9.94. The Morgan fingerprint density at radius 1 is 1.12 bits per heavy atom. The first-order valence-corrected chi connectivity index (χ1v) is 10.4. The molecule has 0 aromatic heterocycles. The van der Waals surface area contributed by atoms with Crippen molar-refractivity contribution in [2.75, 3.05) is 14.1 Å². The number of nitrogens with zero attached hydrogens (tertiary/aromatic N) is 2. The van der Waals surface area contributed by atoms with Crippen LogP contribution in [0.1, 0.15) is 65.2 Å². The lowest BCUT2D eigenvalue weighted by molar-refractivity contribution is -0.0986. The number of allylic oxidation sites excluding steroid dienone is 2. The molecule has 1 N–H and O–H groups in total. The Morgan fingerprint density at radius 2 is 1.85 bits per heavy atom. The zero-order chi connectivity index (χ0) is 18.7. The predicted molar refractivity (Wildman–Crippen MR) is 107 cm³/mol. The molecule has 0 aromatic carbocycles. The second kappa shape index (κ2) is 5.86. The minimum Gasteiger partial charge on any atom is -0.377 e. The van der Waals surface area contributed by atoms with E-state index in [1.807, 2.05) is 19.1 Å². The number of rotatable bonds is 1. The molecule has 0 radical (unpaired) electrons. The maximum absolute atomic E-state index is 11.1. The highest BCUT2D eigenvalue weighted by atomic mass is 16.3. The smallest absolute Gasteiger partial charge is 0.130 e. The zero-order valence-corrected chi connectivity index (χ0v) is 16.9. The lowest BCUT2D eigenvalue weighted by Crippen LogP contribution is -2.54. The van der Waals surface area contributed by atoms with Crippen LogP contribution in [0.15, 0.2) is 16.8 Å². The van der Waals surface area contributed by atoms with Crippen molar-refractivity contribution in [2.45, 2.75) is 70.8 Å². The normalized spacial score (nSPS) is 48.8. The van der Waals surface area contributed by atoms with Gasteiger partial charge in [0.15, 0.2) is 0 Å². The van der Waals surface area contributed by atoms with Gasteiger partial charge >= 0.3 is 0 Å². The fourth-order valence-electron chi connectivity index (χ4n) is 7.16. The molecule has 0 bridgehead atoms. The van der Waals surface area contributed by atoms with Crippen molar-refractivity contribution in [1.82, 2.24) is 5.01 Å². The summed E-state index contributed by atoms with van der Waals surface area (Å²) in [6.07, 6.45) is 17.1. The van der Waals surface area contributed by atoms with Gasteiger partial charge in [0.1, 0.15) is 5.60 Å². The first-order chi connectivity index (χ1) is 12.2. The average molecular weight is 355 g/mol. The highest BCUT2D eigenvalue weighted by molar-refractivity contribution is 5.96. The SMILES string of the molecule is C#CC1(O)CCC2C3CCC4=C/C(=N\N(C)C)CCC4(C)C3CCC21C. The highest BCUT2D eigenvalue weighted by Gasteiger charge is 2.63. The molecule has 6 atom stereocenters. The maximum atomic E-state index is 11.1. The monoisotopic (exact) mass is 354 g/mol. The van der Waals surface area contributed by atoms with E-state index in [4.69, 9.17) is 6.42 Å². The van der Waals surface area contributed by atoms with Gasteiger partial charge in [0.05, 0.1) is 5.71 Å². The number of hydrazone groups is 1. The maximum Gasteiger partial charge on any atom is 0.130 e. The van der Waals surface area contributed by atoms with E-state index in [0.717, 1.165) is 31.6 Å². The molecule has 3 heteroatoms. The summed E-state index contributed by atoms with van der Waals surface area (Å²) >= 11 is 0.